The minimum atomic E-state index is 0.635. The molecule has 0 unspecified atom stereocenters. The predicted octanol–water partition coefficient (Wildman–Crippen LogP) is 5.00. The predicted molar refractivity (Wildman–Crippen MR) is 93.7 cm³/mol. The Balaban J connectivity index is 1.61. The van der Waals surface area contributed by atoms with E-state index >= 15 is 0 Å². The minimum absolute atomic E-state index is 0.635. The van der Waals surface area contributed by atoms with Crippen LogP contribution >= 0.6 is 11.6 Å². The number of benzene rings is 2. The van der Waals surface area contributed by atoms with Crippen molar-refractivity contribution in [2.75, 3.05) is 20.2 Å². The van der Waals surface area contributed by atoms with Gasteiger partial charge in [-0.05, 0) is 63.2 Å². The van der Waals surface area contributed by atoms with E-state index in [1.807, 2.05) is 42.5 Å². The summed E-state index contributed by atoms with van der Waals surface area (Å²) >= 11 is 6.00. The van der Waals surface area contributed by atoms with Crippen LogP contribution in [0.2, 0.25) is 5.02 Å². The Hall–Kier alpha value is -1.71. The molecule has 1 heterocycles. The van der Waals surface area contributed by atoms with Crippen molar-refractivity contribution in [1.82, 2.24) is 4.90 Å². The van der Waals surface area contributed by atoms with E-state index in [1.165, 1.54) is 19.4 Å². The molecule has 122 valence electrons. The highest BCUT2D eigenvalue weighted by Gasteiger charge is 2.20. The molecule has 23 heavy (non-hydrogen) atoms. The molecule has 0 aliphatic carbocycles. The summed E-state index contributed by atoms with van der Waals surface area (Å²) in [6.45, 7) is 1.89. The number of nitrogens with zero attached hydrogens (tertiary/aromatic N) is 1. The highest BCUT2D eigenvalue weighted by Crippen LogP contribution is 2.32. The van der Waals surface area contributed by atoms with Gasteiger partial charge in [0, 0.05) is 11.1 Å². The van der Waals surface area contributed by atoms with Crippen molar-refractivity contribution in [3.8, 4) is 17.2 Å². The smallest absolute Gasteiger partial charge is 0.169 e. The van der Waals surface area contributed by atoms with E-state index in [0.717, 1.165) is 17.9 Å². The lowest BCUT2D eigenvalue weighted by Crippen LogP contribution is -2.26. The van der Waals surface area contributed by atoms with Crippen LogP contribution in [-0.4, -0.2) is 31.1 Å². The average Bonchev–Trinajstić information content (AvgIpc) is 2.94. The van der Waals surface area contributed by atoms with Crippen LogP contribution in [0.1, 0.15) is 19.3 Å². The standard InChI is InChI=1S/C19H22ClNO2/c1-21-12-5-7-16(21)11-13-22-18-9-2-3-10-19(18)23-17-8-4-6-15(20)14-17/h2-4,6,8-10,14,16H,5,7,11-13H2,1H3/t16-/m1/s1. The van der Waals surface area contributed by atoms with E-state index < -0.39 is 0 Å². The average molecular weight is 332 g/mol. The van der Waals surface area contributed by atoms with Crippen molar-refractivity contribution in [2.45, 2.75) is 25.3 Å². The van der Waals surface area contributed by atoms with E-state index in [-0.39, 0.29) is 0 Å². The molecule has 1 aliphatic rings. The number of ether oxygens (including phenoxy) is 2. The van der Waals surface area contributed by atoms with E-state index in [0.29, 0.717) is 23.4 Å². The van der Waals surface area contributed by atoms with Gasteiger partial charge in [0.2, 0.25) is 0 Å². The molecule has 0 amide bonds. The van der Waals surface area contributed by atoms with Crippen LogP contribution in [0.15, 0.2) is 48.5 Å². The van der Waals surface area contributed by atoms with Crippen molar-refractivity contribution in [1.29, 1.82) is 0 Å². The summed E-state index contributed by atoms with van der Waals surface area (Å²) in [6, 6.07) is 15.8. The maximum atomic E-state index is 6.00. The topological polar surface area (TPSA) is 21.7 Å². The summed E-state index contributed by atoms with van der Waals surface area (Å²) in [5.74, 6) is 2.20. The molecule has 0 spiro atoms. The Kier molecular flexibility index (Phi) is 5.42. The van der Waals surface area contributed by atoms with Gasteiger partial charge in [-0.25, -0.2) is 0 Å². The van der Waals surface area contributed by atoms with Crippen LogP contribution in [0.25, 0.3) is 0 Å². The van der Waals surface area contributed by atoms with Gasteiger partial charge in [0.05, 0.1) is 6.61 Å². The molecule has 4 heteroatoms. The lowest BCUT2D eigenvalue weighted by Gasteiger charge is -2.19. The van der Waals surface area contributed by atoms with Crippen molar-refractivity contribution >= 4 is 11.6 Å². The van der Waals surface area contributed by atoms with Gasteiger partial charge >= 0.3 is 0 Å². The molecule has 0 bridgehead atoms. The molecule has 0 saturated carbocycles. The van der Waals surface area contributed by atoms with Crippen LogP contribution < -0.4 is 9.47 Å². The van der Waals surface area contributed by atoms with Gasteiger partial charge in [-0.1, -0.05) is 29.8 Å². The molecular weight excluding hydrogens is 310 g/mol. The lowest BCUT2D eigenvalue weighted by atomic mass is 10.1. The van der Waals surface area contributed by atoms with Crippen LogP contribution in [0, 0.1) is 0 Å². The van der Waals surface area contributed by atoms with E-state index in [4.69, 9.17) is 21.1 Å². The van der Waals surface area contributed by atoms with Crippen molar-refractivity contribution < 1.29 is 9.47 Å². The Morgan fingerprint density at radius 2 is 1.96 bits per heavy atom. The monoisotopic (exact) mass is 331 g/mol. The molecule has 2 aromatic rings. The van der Waals surface area contributed by atoms with Gasteiger partial charge in [-0.2, -0.15) is 0 Å². The zero-order valence-electron chi connectivity index (χ0n) is 13.4. The summed E-state index contributed by atoms with van der Waals surface area (Å²) in [6.07, 6.45) is 3.60. The van der Waals surface area contributed by atoms with Gasteiger partial charge in [-0.3, -0.25) is 0 Å². The number of likely N-dealkylation sites (tertiary alicyclic amines) is 1. The fraction of sp³-hybridized carbons (Fsp3) is 0.368. The molecule has 0 N–H and O–H groups in total. The first-order valence-corrected chi connectivity index (χ1v) is 8.45. The van der Waals surface area contributed by atoms with Crippen LogP contribution in [0.4, 0.5) is 0 Å². The lowest BCUT2D eigenvalue weighted by molar-refractivity contribution is 0.229. The zero-order chi connectivity index (χ0) is 16.1. The van der Waals surface area contributed by atoms with Crippen LogP contribution in [0.3, 0.4) is 0 Å². The molecule has 3 rings (SSSR count). The van der Waals surface area contributed by atoms with Crippen LogP contribution in [-0.2, 0) is 0 Å². The largest absolute Gasteiger partial charge is 0.490 e. The number of rotatable bonds is 6. The Morgan fingerprint density at radius 3 is 2.70 bits per heavy atom. The number of para-hydroxylation sites is 2. The maximum Gasteiger partial charge on any atom is 0.169 e. The van der Waals surface area contributed by atoms with E-state index in [2.05, 4.69) is 11.9 Å². The summed E-state index contributed by atoms with van der Waals surface area (Å²) < 4.78 is 11.9. The van der Waals surface area contributed by atoms with Gasteiger partial charge in [0.15, 0.2) is 11.5 Å². The molecular formula is C19H22ClNO2. The Morgan fingerprint density at radius 1 is 1.13 bits per heavy atom. The third-order valence-electron chi connectivity index (χ3n) is 4.25. The SMILES string of the molecule is CN1CCC[C@@H]1CCOc1ccccc1Oc1cccc(Cl)c1. The molecule has 1 saturated heterocycles. The first-order valence-electron chi connectivity index (χ1n) is 8.08. The van der Waals surface area contributed by atoms with E-state index in [1.54, 1.807) is 6.07 Å². The maximum absolute atomic E-state index is 6.00. The van der Waals surface area contributed by atoms with E-state index in [9.17, 15) is 0 Å². The summed E-state index contributed by atoms with van der Waals surface area (Å²) in [5.41, 5.74) is 0. The summed E-state index contributed by atoms with van der Waals surface area (Å²) in [5, 5.41) is 0.658. The Labute approximate surface area is 142 Å². The van der Waals surface area contributed by atoms with Gasteiger partial charge < -0.3 is 14.4 Å². The molecule has 0 aromatic heterocycles. The van der Waals surface area contributed by atoms with Crippen molar-refractivity contribution in [3.05, 3.63) is 53.6 Å². The number of hydrogen-bond donors (Lipinski definition) is 0. The Bertz CT molecular complexity index is 647. The molecule has 1 fully saturated rings. The second-order valence-corrected chi connectivity index (χ2v) is 6.36. The molecule has 1 atom stereocenters. The molecule has 2 aromatic carbocycles. The van der Waals surface area contributed by atoms with Gasteiger partial charge in [-0.15, -0.1) is 0 Å². The second-order valence-electron chi connectivity index (χ2n) is 5.92. The number of hydrogen-bond acceptors (Lipinski definition) is 3. The van der Waals surface area contributed by atoms with Crippen molar-refractivity contribution in [3.63, 3.8) is 0 Å². The molecule has 1 aliphatic heterocycles. The van der Waals surface area contributed by atoms with Gasteiger partial charge in [0.1, 0.15) is 5.75 Å². The minimum Gasteiger partial charge on any atom is -0.490 e. The molecule has 3 nitrogen and oxygen atoms in total. The highest BCUT2D eigenvalue weighted by atomic mass is 35.5. The summed E-state index contributed by atoms with van der Waals surface area (Å²) in [7, 11) is 2.19. The van der Waals surface area contributed by atoms with Gasteiger partial charge in [0.25, 0.3) is 0 Å². The van der Waals surface area contributed by atoms with Crippen LogP contribution in [0.5, 0.6) is 17.2 Å². The van der Waals surface area contributed by atoms with Crippen molar-refractivity contribution in [2.24, 2.45) is 0 Å². The number of halogens is 1. The fourth-order valence-electron chi connectivity index (χ4n) is 2.96. The first kappa shape index (κ1) is 16.2. The normalized spacial score (nSPS) is 18.1. The molecule has 0 radical (unpaired) electrons. The first-order chi connectivity index (χ1) is 11.2. The fourth-order valence-corrected chi connectivity index (χ4v) is 3.14. The summed E-state index contributed by atoms with van der Waals surface area (Å²) in [4.78, 5) is 2.41. The second kappa shape index (κ2) is 7.71. The zero-order valence-corrected chi connectivity index (χ0v) is 14.1. The highest BCUT2D eigenvalue weighted by molar-refractivity contribution is 6.30. The third-order valence-corrected chi connectivity index (χ3v) is 4.49. The third kappa shape index (κ3) is 4.40. The quantitative estimate of drug-likeness (QED) is 0.744.